The summed E-state index contributed by atoms with van der Waals surface area (Å²) in [7, 11) is 0. The van der Waals surface area contributed by atoms with Gasteiger partial charge in [0, 0.05) is 0 Å². The van der Waals surface area contributed by atoms with Crippen LogP contribution in [0, 0.1) is 6.92 Å². The van der Waals surface area contributed by atoms with Crippen molar-refractivity contribution in [2.45, 2.75) is 110 Å². The van der Waals surface area contributed by atoms with Crippen molar-refractivity contribution in [2.75, 3.05) is 0 Å². The van der Waals surface area contributed by atoms with Crippen molar-refractivity contribution in [3.8, 4) is 0 Å². The maximum Gasteiger partial charge on any atom is 1.00 e. The third-order valence-corrected chi connectivity index (χ3v) is 3.71. The van der Waals surface area contributed by atoms with Crippen LogP contribution in [0.3, 0.4) is 0 Å². The molecule has 0 aliphatic rings. The van der Waals surface area contributed by atoms with Crippen molar-refractivity contribution >= 4 is 5.97 Å². The van der Waals surface area contributed by atoms with E-state index < -0.39 is 12.1 Å². The Hall–Kier alpha value is 0.430. The van der Waals surface area contributed by atoms with Crippen LogP contribution in [0.5, 0.6) is 0 Å². The molecular formula is C19H39NaO3. The van der Waals surface area contributed by atoms with Gasteiger partial charge in [-0.05, 0) is 6.92 Å². The molecule has 0 amide bonds. The molecular weight excluding hydrogens is 299 g/mol. The van der Waals surface area contributed by atoms with Gasteiger partial charge in [0.2, 0.25) is 0 Å². The van der Waals surface area contributed by atoms with Gasteiger partial charge < -0.3 is 17.1 Å². The number of aliphatic hydroxyl groups excluding tert-OH is 1. The van der Waals surface area contributed by atoms with Crippen molar-refractivity contribution in [3.05, 3.63) is 6.92 Å². The maximum atomic E-state index is 9.45. The Labute approximate surface area is 166 Å². The Morgan fingerprint density at radius 1 is 0.826 bits per heavy atom. The molecule has 0 aromatic rings. The zero-order valence-corrected chi connectivity index (χ0v) is 18.0. The molecule has 1 unspecified atom stereocenters. The Morgan fingerprint density at radius 3 is 1.30 bits per heavy atom. The zero-order chi connectivity index (χ0) is 17.1. The molecule has 0 aliphatic heterocycles. The second-order valence-electron chi connectivity index (χ2n) is 6.11. The van der Waals surface area contributed by atoms with Crippen LogP contribution in [-0.2, 0) is 4.79 Å². The minimum Gasteiger partial charge on any atom is -0.479 e. The monoisotopic (exact) mass is 338 g/mol. The number of carbonyl (C=O) groups is 1. The molecule has 0 aromatic carbocycles. The first-order valence-corrected chi connectivity index (χ1v) is 9.26. The molecule has 0 aromatic heterocycles. The van der Waals surface area contributed by atoms with E-state index in [4.69, 9.17) is 10.2 Å². The molecule has 23 heavy (non-hydrogen) atoms. The van der Waals surface area contributed by atoms with Crippen LogP contribution < -0.4 is 29.6 Å². The fourth-order valence-electron chi connectivity index (χ4n) is 2.19. The van der Waals surface area contributed by atoms with Gasteiger partial charge in [-0.1, -0.05) is 90.4 Å². The van der Waals surface area contributed by atoms with Gasteiger partial charge in [0.1, 0.15) is 6.10 Å². The molecule has 0 spiro atoms. The van der Waals surface area contributed by atoms with Gasteiger partial charge in [-0.25, -0.2) is 4.79 Å². The summed E-state index contributed by atoms with van der Waals surface area (Å²) in [5.41, 5.74) is 0. The molecule has 3 nitrogen and oxygen atoms in total. The number of hydrogen-bond donors (Lipinski definition) is 2. The fraction of sp³-hybridized carbons (Fsp3) is 0.895. The molecule has 0 saturated heterocycles. The number of carboxylic acids is 1. The smallest absolute Gasteiger partial charge is 0.479 e. The topological polar surface area (TPSA) is 57.5 Å². The predicted molar refractivity (Wildman–Crippen MR) is 95.0 cm³/mol. The van der Waals surface area contributed by atoms with E-state index in [-0.39, 0.29) is 29.6 Å². The second kappa shape index (κ2) is 24.7. The second-order valence-corrected chi connectivity index (χ2v) is 6.11. The predicted octanol–water partition coefficient (Wildman–Crippen LogP) is 2.76. The number of aliphatic carboxylic acids is 1. The van der Waals surface area contributed by atoms with Crippen molar-refractivity contribution in [2.24, 2.45) is 0 Å². The van der Waals surface area contributed by atoms with Gasteiger partial charge in [-0.3, -0.25) is 0 Å². The first-order chi connectivity index (χ1) is 10.6. The van der Waals surface area contributed by atoms with Gasteiger partial charge in [0.25, 0.3) is 0 Å². The molecule has 0 radical (unpaired) electrons. The number of unbranched alkanes of at least 4 members (excludes halogenated alkanes) is 13. The third kappa shape index (κ3) is 30.8. The molecule has 0 saturated carbocycles. The van der Waals surface area contributed by atoms with Crippen LogP contribution in [0.4, 0.5) is 0 Å². The molecule has 134 valence electrons. The van der Waals surface area contributed by atoms with E-state index in [1.807, 2.05) is 0 Å². The van der Waals surface area contributed by atoms with Crippen LogP contribution in [0.2, 0.25) is 0 Å². The largest absolute Gasteiger partial charge is 1.00 e. The van der Waals surface area contributed by atoms with E-state index in [9.17, 15) is 4.79 Å². The minimum absolute atomic E-state index is 0. The van der Waals surface area contributed by atoms with E-state index in [0.717, 1.165) is 6.42 Å². The molecule has 0 rings (SSSR count). The maximum absolute atomic E-state index is 9.45. The Morgan fingerprint density at radius 2 is 1.09 bits per heavy atom. The van der Waals surface area contributed by atoms with Crippen molar-refractivity contribution < 1.29 is 44.6 Å². The summed E-state index contributed by atoms with van der Waals surface area (Å²) in [6.45, 7) is 7.36. The van der Waals surface area contributed by atoms with Gasteiger partial charge >= 0.3 is 35.5 Å². The van der Waals surface area contributed by atoms with Crippen LogP contribution in [0.25, 0.3) is 0 Å². The van der Waals surface area contributed by atoms with Gasteiger partial charge in [0.05, 0.1) is 0 Å². The Bertz CT molecular complexity index is 207. The van der Waals surface area contributed by atoms with Gasteiger partial charge in [-0.2, -0.15) is 6.42 Å². The Kier molecular flexibility index (Phi) is 30.3. The normalized spacial score (nSPS) is 11.1. The van der Waals surface area contributed by atoms with E-state index in [1.54, 1.807) is 0 Å². The third-order valence-electron chi connectivity index (χ3n) is 3.71. The zero-order valence-electron chi connectivity index (χ0n) is 16.0. The first-order valence-electron chi connectivity index (χ1n) is 9.26. The molecule has 0 aliphatic carbocycles. The van der Waals surface area contributed by atoms with Crippen molar-refractivity contribution in [1.82, 2.24) is 0 Å². The standard InChI is InChI=1S/C16H33.C3H6O3.Na/c1-3-5-7-9-11-13-15-16-14-12-10-8-6-4-2;1-2(4)3(5)6;/h1,3-16H2,2H3;2,4H,1H3,(H,5,6);/q-1;;+1. The van der Waals surface area contributed by atoms with Crippen molar-refractivity contribution in [3.63, 3.8) is 0 Å². The van der Waals surface area contributed by atoms with Gasteiger partial charge in [0.15, 0.2) is 0 Å². The summed E-state index contributed by atoms with van der Waals surface area (Å²) in [6, 6.07) is 0. The van der Waals surface area contributed by atoms with E-state index in [0.29, 0.717) is 0 Å². The minimum atomic E-state index is -1.23. The summed E-state index contributed by atoms with van der Waals surface area (Å²) in [5.74, 6) is -1.19. The number of carboxylic acid groups (broad SMARTS) is 1. The van der Waals surface area contributed by atoms with Crippen LogP contribution in [-0.4, -0.2) is 22.3 Å². The van der Waals surface area contributed by atoms with Crippen LogP contribution >= 0.6 is 0 Å². The molecule has 0 fully saturated rings. The molecule has 4 heteroatoms. The number of aliphatic hydroxyl groups is 1. The van der Waals surface area contributed by atoms with Gasteiger partial charge in [-0.15, -0.1) is 0 Å². The molecule has 0 heterocycles. The van der Waals surface area contributed by atoms with Crippen LogP contribution in [0.15, 0.2) is 0 Å². The van der Waals surface area contributed by atoms with Crippen LogP contribution in [0.1, 0.15) is 104 Å². The average Bonchev–Trinajstić information content (AvgIpc) is 2.49. The average molecular weight is 339 g/mol. The number of hydrogen-bond acceptors (Lipinski definition) is 2. The Balaban J connectivity index is -0.000000487. The summed E-state index contributed by atoms with van der Waals surface area (Å²) < 4.78 is 0. The molecule has 0 bridgehead atoms. The quantitative estimate of drug-likeness (QED) is 0.291. The fourth-order valence-corrected chi connectivity index (χ4v) is 2.19. The summed E-state index contributed by atoms with van der Waals surface area (Å²) in [4.78, 5) is 9.45. The first kappa shape index (κ1) is 28.2. The summed E-state index contributed by atoms with van der Waals surface area (Å²) in [5, 5.41) is 15.8. The van der Waals surface area contributed by atoms with E-state index in [1.165, 1.54) is 90.4 Å². The molecule has 1 atom stereocenters. The van der Waals surface area contributed by atoms with Crippen molar-refractivity contribution in [1.29, 1.82) is 0 Å². The SMILES string of the molecule is CC(O)C(=O)O.[CH2-]CCCCCCCCCCCCCCC.[Na+]. The van der Waals surface area contributed by atoms with E-state index >= 15 is 0 Å². The van der Waals surface area contributed by atoms with E-state index in [2.05, 4.69) is 13.8 Å². The summed E-state index contributed by atoms with van der Waals surface area (Å²) in [6.07, 6.45) is 18.6. The summed E-state index contributed by atoms with van der Waals surface area (Å²) >= 11 is 0. The molecule has 2 N–H and O–H groups in total. The number of rotatable bonds is 14.